The van der Waals surface area contributed by atoms with Crippen molar-refractivity contribution >= 4 is 34.8 Å². The van der Waals surface area contributed by atoms with Crippen molar-refractivity contribution in [2.45, 2.75) is 179 Å². The molecule has 0 unspecified atom stereocenters. The molecular weight excluding hydrogens is 677 g/mol. The monoisotopic (exact) mass is 737 g/mol. The summed E-state index contributed by atoms with van der Waals surface area (Å²) in [6, 6.07) is 0. The minimum absolute atomic E-state index is 0.00618. The van der Waals surface area contributed by atoms with Crippen LogP contribution in [-0.4, -0.2) is 55.7 Å². The summed E-state index contributed by atoms with van der Waals surface area (Å²) < 4.78 is 35.5. The maximum atomic E-state index is 14.9. The van der Waals surface area contributed by atoms with E-state index in [4.69, 9.17) is 14.2 Å². The molecule has 12 heteroatoms. The highest BCUT2D eigenvalue weighted by Gasteiger charge is 2.51. The Bertz CT molecular complexity index is 1600. The Kier molecular flexibility index (Phi) is 11.7. The minimum Gasteiger partial charge on any atom is -0.462 e. The van der Waals surface area contributed by atoms with Crippen LogP contribution in [0.15, 0.2) is 6.33 Å². The quantitative estimate of drug-likeness (QED) is 0.122. The van der Waals surface area contributed by atoms with Crippen molar-refractivity contribution in [3.63, 3.8) is 0 Å². The van der Waals surface area contributed by atoms with Crippen molar-refractivity contribution in [2.75, 3.05) is 11.9 Å². The van der Waals surface area contributed by atoms with Crippen LogP contribution in [0.2, 0.25) is 0 Å². The minimum atomic E-state index is -1.16. The van der Waals surface area contributed by atoms with Crippen molar-refractivity contribution in [3.8, 4) is 0 Å². The van der Waals surface area contributed by atoms with E-state index >= 15 is 0 Å². The Morgan fingerprint density at radius 1 is 0.868 bits per heavy atom. The number of hydrogen-bond acceptors (Lipinski definition) is 9. The number of fused-ring (bicyclic) bond motifs is 1. The number of esters is 2. The number of carbonyl (C=O) groups excluding carboxylic acids is 3. The number of hydrogen-bond donors (Lipinski definition) is 1. The third-order valence-corrected chi connectivity index (χ3v) is 13.8. The summed E-state index contributed by atoms with van der Waals surface area (Å²) in [7, 11) is 0. The van der Waals surface area contributed by atoms with Crippen molar-refractivity contribution in [3.05, 3.63) is 12.4 Å². The summed E-state index contributed by atoms with van der Waals surface area (Å²) in [6.07, 6.45) is 22.3. The standard InChI is InChI=1S/C41H60FN5O6/c1-3-4-5-6-7-12-31(48)44-34-33-35(46-38(42)45-34)47(27-43-33)32-25-30(52-37(50)29-15-23-41(24-16-29)19-10-11-20-41)39(2,53-32)26-51-36(49)28-13-21-40(22-14-28)17-8-9-18-40/h27-30,32H,3-26H2,1-2H3,(H,44,45,46,48)/t30-,32+,39+/m0/s1. The summed E-state index contributed by atoms with van der Waals surface area (Å²) in [5.74, 6) is -1.03. The lowest BCUT2D eigenvalue weighted by Crippen LogP contribution is -2.45. The molecule has 5 aliphatic rings. The Morgan fingerprint density at radius 2 is 1.47 bits per heavy atom. The Hall–Kier alpha value is -3.15. The van der Waals surface area contributed by atoms with E-state index in [1.54, 1.807) is 4.57 Å². The van der Waals surface area contributed by atoms with Crippen LogP contribution in [-0.2, 0) is 28.6 Å². The van der Waals surface area contributed by atoms with Crippen LogP contribution in [0.5, 0.6) is 0 Å². The van der Waals surface area contributed by atoms with Gasteiger partial charge in [-0.15, -0.1) is 0 Å². The number of nitrogens with zero attached hydrogens (tertiary/aromatic N) is 4. The van der Waals surface area contributed by atoms with Gasteiger partial charge in [0.2, 0.25) is 5.91 Å². The second kappa shape index (κ2) is 16.3. The molecule has 53 heavy (non-hydrogen) atoms. The highest BCUT2D eigenvalue weighted by Crippen LogP contribution is 2.52. The summed E-state index contributed by atoms with van der Waals surface area (Å²) in [4.78, 5) is 52.4. The molecule has 1 aliphatic heterocycles. The molecule has 2 aromatic heterocycles. The van der Waals surface area contributed by atoms with Gasteiger partial charge in [-0.3, -0.25) is 19.0 Å². The molecule has 0 aromatic carbocycles. The highest BCUT2D eigenvalue weighted by molar-refractivity contribution is 5.96. The van der Waals surface area contributed by atoms with E-state index in [1.165, 1.54) is 57.7 Å². The van der Waals surface area contributed by atoms with E-state index < -0.39 is 24.0 Å². The van der Waals surface area contributed by atoms with Crippen LogP contribution >= 0.6 is 0 Å². The maximum Gasteiger partial charge on any atom is 0.312 e. The normalized spacial score (nSPS) is 28.2. The molecule has 0 bridgehead atoms. The van der Waals surface area contributed by atoms with Crippen LogP contribution in [0.1, 0.15) is 168 Å². The Labute approximate surface area is 313 Å². The van der Waals surface area contributed by atoms with Gasteiger partial charge in [-0.25, -0.2) is 4.98 Å². The molecule has 1 N–H and O–H groups in total. The number of halogens is 1. The lowest BCUT2D eigenvalue weighted by Gasteiger charge is -2.38. The predicted molar refractivity (Wildman–Crippen MR) is 197 cm³/mol. The van der Waals surface area contributed by atoms with Gasteiger partial charge in [-0.1, -0.05) is 58.3 Å². The lowest BCUT2D eigenvalue weighted by atomic mass is 9.69. The smallest absolute Gasteiger partial charge is 0.312 e. The first-order valence-electron chi connectivity index (χ1n) is 20.8. The van der Waals surface area contributed by atoms with E-state index in [0.717, 1.165) is 83.5 Å². The molecule has 2 spiro atoms. The largest absolute Gasteiger partial charge is 0.462 e. The van der Waals surface area contributed by atoms with E-state index in [0.29, 0.717) is 17.3 Å². The topological polar surface area (TPSA) is 135 Å². The average Bonchev–Trinajstić information content (AvgIpc) is 3.96. The molecule has 292 valence electrons. The molecule has 1 saturated heterocycles. The zero-order valence-electron chi connectivity index (χ0n) is 32.0. The molecule has 11 nitrogen and oxygen atoms in total. The molecular formula is C41H60FN5O6. The molecule has 4 saturated carbocycles. The van der Waals surface area contributed by atoms with Crippen molar-refractivity contribution < 1.29 is 33.0 Å². The van der Waals surface area contributed by atoms with Crippen molar-refractivity contribution in [1.29, 1.82) is 0 Å². The number of carbonyl (C=O) groups is 3. The van der Waals surface area contributed by atoms with Crippen LogP contribution in [0, 0.1) is 28.7 Å². The number of aromatic nitrogens is 4. The highest BCUT2D eigenvalue weighted by atomic mass is 19.1. The first-order valence-corrected chi connectivity index (χ1v) is 20.8. The molecule has 4 aliphatic carbocycles. The molecule has 3 heterocycles. The average molecular weight is 738 g/mol. The van der Waals surface area contributed by atoms with Crippen LogP contribution in [0.4, 0.5) is 10.2 Å². The number of ether oxygens (including phenoxy) is 3. The van der Waals surface area contributed by atoms with E-state index in [2.05, 4.69) is 27.2 Å². The number of rotatable bonds is 13. The predicted octanol–water partition coefficient (Wildman–Crippen LogP) is 8.90. The molecule has 7 rings (SSSR count). The zero-order chi connectivity index (χ0) is 37.1. The number of unbranched alkanes of at least 4 members (excludes halogenated alkanes) is 4. The summed E-state index contributed by atoms with van der Waals surface area (Å²) >= 11 is 0. The fourth-order valence-electron chi connectivity index (χ4n) is 10.4. The first-order chi connectivity index (χ1) is 25.6. The molecule has 5 fully saturated rings. The second-order valence-corrected chi connectivity index (χ2v) is 17.5. The van der Waals surface area contributed by atoms with Gasteiger partial charge < -0.3 is 19.5 Å². The third-order valence-electron chi connectivity index (χ3n) is 13.8. The Balaban J connectivity index is 1.05. The van der Waals surface area contributed by atoms with Gasteiger partial charge in [0.1, 0.15) is 24.5 Å². The molecule has 3 atom stereocenters. The van der Waals surface area contributed by atoms with Crippen LogP contribution < -0.4 is 5.32 Å². The second-order valence-electron chi connectivity index (χ2n) is 17.5. The lowest BCUT2D eigenvalue weighted by molar-refractivity contribution is -0.180. The van der Waals surface area contributed by atoms with Gasteiger partial charge in [0.05, 0.1) is 18.2 Å². The zero-order valence-corrected chi connectivity index (χ0v) is 32.0. The van der Waals surface area contributed by atoms with Gasteiger partial charge in [0, 0.05) is 12.8 Å². The number of nitrogens with one attached hydrogen (secondary N) is 1. The fourth-order valence-corrected chi connectivity index (χ4v) is 10.4. The van der Waals surface area contributed by atoms with Crippen molar-refractivity contribution in [2.24, 2.45) is 22.7 Å². The van der Waals surface area contributed by atoms with Crippen LogP contribution in [0.25, 0.3) is 11.2 Å². The number of amides is 1. The van der Waals surface area contributed by atoms with Crippen LogP contribution in [0.3, 0.4) is 0 Å². The molecule has 2 aromatic rings. The summed E-state index contributed by atoms with van der Waals surface area (Å²) in [6.45, 7) is 3.88. The van der Waals surface area contributed by atoms with Gasteiger partial charge in [0.15, 0.2) is 17.0 Å². The fraction of sp³-hybridized carbons (Fsp3) is 0.805. The summed E-state index contributed by atoms with van der Waals surface area (Å²) in [5.41, 5.74) is 0.0424. The third kappa shape index (κ3) is 8.57. The Morgan fingerprint density at radius 3 is 2.09 bits per heavy atom. The van der Waals surface area contributed by atoms with Gasteiger partial charge >= 0.3 is 18.0 Å². The SMILES string of the molecule is CCCCCCCC(=O)Nc1nc(F)nc2c1ncn2[C@H]1C[C@H](OC(=O)C2CCC3(CCCC3)CC2)[C@@](C)(COC(=O)C2CCC3(CCCC3)CC2)O1. The number of anilines is 1. The van der Waals surface area contributed by atoms with Crippen molar-refractivity contribution in [1.82, 2.24) is 19.5 Å². The van der Waals surface area contributed by atoms with Gasteiger partial charge in [0.25, 0.3) is 0 Å². The first kappa shape index (κ1) is 38.1. The van der Waals surface area contributed by atoms with E-state index in [9.17, 15) is 18.8 Å². The van der Waals surface area contributed by atoms with E-state index in [-0.39, 0.29) is 59.7 Å². The van der Waals surface area contributed by atoms with Gasteiger partial charge in [-0.2, -0.15) is 14.4 Å². The van der Waals surface area contributed by atoms with Gasteiger partial charge in [-0.05, 0) is 101 Å². The maximum absolute atomic E-state index is 14.9. The molecule has 0 radical (unpaired) electrons. The summed E-state index contributed by atoms with van der Waals surface area (Å²) in [5, 5.41) is 2.73. The molecule has 1 amide bonds. The van der Waals surface area contributed by atoms with E-state index in [1.807, 2.05) is 6.92 Å². The number of imidazole rings is 1.